The molecule has 0 saturated carbocycles. The second kappa shape index (κ2) is 8.43. The van der Waals surface area contributed by atoms with Crippen LogP contribution < -0.4 is 0 Å². The lowest BCUT2D eigenvalue weighted by atomic mass is 10.2. The highest BCUT2D eigenvalue weighted by Gasteiger charge is 2.24. The number of piperazine rings is 1. The number of thiazole rings is 1. The Hall–Kier alpha value is -2.22. The maximum atomic E-state index is 12.9. The Morgan fingerprint density at radius 3 is 2.71 bits per heavy atom. The molecule has 1 aromatic carbocycles. The first-order valence-electron chi connectivity index (χ1n) is 9.88. The fourth-order valence-electron chi connectivity index (χ4n) is 3.82. The number of aromatic nitrogens is 2. The highest BCUT2D eigenvalue weighted by molar-refractivity contribution is 7.13. The van der Waals surface area contributed by atoms with Crippen LogP contribution >= 0.6 is 11.3 Å². The highest BCUT2D eigenvalue weighted by Crippen LogP contribution is 2.31. The van der Waals surface area contributed by atoms with Gasteiger partial charge in [0.25, 0.3) is 5.91 Å². The average molecular weight is 399 g/mol. The van der Waals surface area contributed by atoms with Crippen LogP contribution in [0.2, 0.25) is 0 Å². The van der Waals surface area contributed by atoms with Crippen molar-refractivity contribution in [2.45, 2.75) is 19.9 Å². The van der Waals surface area contributed by atoms with Crippen molar-refractivity contribution in [3.8, 4) is 10.7 Å². The predicted octanol–water partition coefficient (Wildman–Crippen LogP) is 2.92. The number of amides is 1. The predicted molar refractivity (Wildman–Crippen MR) is 113 cm³/mol. The van der Waals surface area contributed by atoms with Crippen LogP contribution in [0.5, 0.6) is 0 Å². The normalized spacial score (nSPS) is 15.4. The van der Waals surface area contributed by atoms with Gasteiger partial charge in [0.2, 0.25) is 0 Å². The minimum atomic E-state index is 0.00398. The zero-order chi connectivity index (χ0) is 19.5. The number of hydrogen-bond acceptors (Lipinski definition) is 5. The molecule has 1 N–H and O–H groups in total. The molecule has 28 heavy (non-hydrogen) atoms. The molecule has 0 aliphatic carbocycles. The molecule has 2 aromatic heterocycles. The van der Waals surface area contributed by atoms with Crippen molar-refractivity contribution in [1.29, 1.82) is 0 Å². The van der Waals surface area contributed by atoms with Gasteiger partial charge in [-0.15, -0.1) is 11.3 Å². The van der Waals surface area contributed by atoms with Crippen LogP contribution in [0.1, 0.15) is 23.8 Å². The number of carbonyl (C=O) groups excluding carboxylic acids is 1. The van der Waals surface area contributed by atoms with Crippen molar-refractivity contribution in [3.05, 3.63) is 41.4 Å². The third-order valence-electron chi connectivity index (χ3n) is 5.28. The number of para-hydroxylation sites is 1. The van der Waals surface area contributed by atoms with E-state index in [2.05, 4.69) is 46.7 Å². The Kier molecular flexibility index (Phi) is 5.75. The number of fused-ring (bicyclic) bond motifs is 1. The van der Waals surface area contributed by atoms with E-state index in [1.54, 1.807) is 0 Å². The summed E-state index contributed by atoms with van der Waals surface area (Å²) in [4.78, 5) is 21.6. The van der Waals surface area contributed by atoms with Crippen molar-refractivity contribution in [2.24, 2.45) is 0 Å². The van der Waals surface area contributed by atoms with Crippen molar-refractivity contribution in [2.75, 3.05) is 39.3 Å². The summed E-state index contributed by atoms with van der Waals surface area (Å²) in [6.07, 6.45) is 1.04. The Morgan fingerprint density at radius 1 is 1.18 bits per heavy atom. The molecule has 0 atom stereocenters. The number of hydrogen-bond donors (Lipinski definition) is 1. The van der Waals surface area contributed by atoms with Crippen molar-refractivity contribution < 1.29 is 9.90 Å². The second-order valence-electron chi connectivity index (χ2n) is 7.14. The van der Waals surface area contributed by atoms with E-state index in [4.69, 9.17) is 10.1 Å². The smallest absolute Gasteiger partial charge is 0.273 e. The van der Waals surface area contributed by atoms with Gasteiger partial charge in [0.05, 0.1) is 12.3 Å². The SMILES string of the molecule is CCCn1c(-c2nc(C(=O)N3CCN(CCO)CC3)cs2)cc2ccccc21. The molecule has 4 rings (SSSR count). The van der Waals surface area contributed by atoms with Crippen LogP contribution in [0.25, 0.3) is 21.6 Å². The molecule has 0 unspecified atom stereocenters. The fourth-order valence-corrected chi connectivity index (χ4v) is 4.64. The number of nitrogens with zero attached hydrogens (tertiary/aromatic N) is 4. The Balaban J connectivity index is 1.56. The van der Waals surface area contributed by atoms with Crippen molar-refractivity contribution in [3.63, 3.8) is 0 Å². The number of aliphatic hydroxyl groups excluding tert-OH is 1. The summed E-state index contributed by atoms with van der Waals surface area (Å²) in [5.41, 5.74) is 2.83. The van der Waals surface area contributed by atoms with Gasteiger partial charge in [0.1, 0.15) is 10.7 Å². The Morgan fingerprint density at radius 2 is 1.96 bits per heavy atom. The summed E-state index contributed by atoms with van der Waals surface area (Å²) >= 11 is 1.54. The molecule has 0 spiro atoms. The first-order chi connectivity index (χ1) is 13.7. The molecule has 6 nitrogen and oxygen atoms in total. The minimum absolute atomic E-state index is 0.00398. The molecule has 3 aromatic rings. The number of benzene rings is 1. The van der Waals surface area contributed by atoms with Crippen molar-refractivity contribution in [1.82, 2.24) is 19.4 Å². The molecule has 0 radical (unpaired) electrons. The topological polar surface area (TPSA) is 61.6 Å². The van der Waals surface area contributed by atoms with Gasteiger partial charge >= 0.3 is 0 Å². The number of aliphatic hydroxyl groups is 1. The van der Waals surface area contributed by atoms with E-state index in [1.807, 2.05) is 10.3 Å². The van der Waals surface area contributed by atoms with Gasteiger partial charge in [0.15, 0.2) is 0 Å². The zero-order valence-corrected chi connectivity index (χ0v) is 17.0. The average Bonchev–Trinajstić information content (AvgIpc) is 3.34. The van der Waals surface area contributed by atoms with Gasteiger partial charge in [-0.2, -0.15) is 0 Å². The van der Waals surface area contributed by atoms with Gasteiger partial charge in [-0.1, -0.05) is 25.1 Å². The number of β-amino-alcohol motifs (C(OH)–C–C–N with tert-alkyl or cyclic N) is 1. The maximum absolute atomic E-state index is 12.9. The number of aryl methyl sites for hydroxylation is 1. The van der Waals surface area contributed by atoms with Gasteiger partial charge < -0.3 is 14.6 Å². The fraction of sp³-hybridized carbons (Fsp3) is 0.429. The molecule has 1 aliphatic rings. The lowest BCUT2D eigenvalue weighted by molar-refractivity contribution is 0.0610. The molecule has 1 amide bonds. The summed E-state index contributed by atoms with van der Waals surface area (Å²) in [5, 5.41) is 13.0. The van der Waals surface area contributed by atoms with Gasteiger partial charge in [0, 0.05) is 55.6 Å². The highest BCUT2D eigenvalue weighted by atomic mass is 32.1. The minimum Gasteiger partial charge on any atom is -0.395 e. The molecule has 1 aliphatic heterocycles. The van der Waals surface area contributed by atoms with Crippen LogP contribution in [0.4, 0.5) is 0 Å². The molecule has 1 fully saturated rings. The first kappa shape index (κ1) is 19.1. The van der Waals surface area contributed by atoms with Crippen molar-refractivity contribution >= 4 is 28.1 Å². The summed E-state index contributed by atoms with van der Waals surface area (Å²) < 4.78 is 2.30. The summed E-state index contributed by atoms with van der Waals surface area (Å²) in [7, 11) is 0. The lowest BCUT2D eigenvalue weighted by Gasteiger charge is -2.33. The van der Waals surface area contributed by atoms with E-state index in [9.17, 15) is 4.79 Å². The summed E-state index contributed by atoms with van der Waals surface area (Å²) in [6, 6.07) is 10.5. The molecule has 3 heterocycles. The molecule has 1 saturated heterocycles. The van der Waals surface area contributed by atoms with Gasteiger partial charge in [-0.25, -0.2) is 4.98 Å². The Bertz CT molecular complexity index is 956. The lowest BCUT2D eigenvalue weighted by Crippen LogP contribution is -2.49. The molecule has 7 heteroatoms. The molecule has 0 bridgehead atoms. The third kappa shape index (κ3) is 3.70. The van der Waals surface area contributed by atoms with Crippen LogP contribution in [0.3, 0.4) is 0 Å². The monoisotopic (exact) mass is 398 g/mol. The Labute approximate surface area is 169 Å². The van der Waals surface area contributed by atoms with E-state index in [-0.39, 0.29) is 12.5 Å². The van der Waals surface area contributed by atoms with E-state index in [0.717, 1.165) is 36.8 Å². The van der Waals surface area contributed by atoms with E-state index >= 15 is 0 Å². The third-order valence-corrected chi connectivity index (χ3v) is 6.14. The van der Waals surface area contributed by atoms with E-state index < -0.39 is 0 Å². The van der Waals surface area contributed by atoms with Crippen LogP contribution in [0.15, 0.2) is 35.7 Å². The summed E-state index contributed by atoms with van der Waals surface area (Å²) in [5.74, 6) is 0.00398. The standard InChI is InChI=1S/C21H26N4O2S/c1-2-7-25-18-6-4-3-5-16(18)14-19(25)20-22-17(15-28-20)21(27)24-10-8-23(9-11-24)12-13-26/h3-6,14-15,26H,2,7-13H2,1H3. The zero-order valence-electron chi connectivity index (χ0n) is 16.2. The maximum Gasteiger partial charge on any atom is 0.273 e. The van der Waals surface area contributed by atoms with Crippen LogP contribution in [-0.4, -0.2) is 69.7 Å². The second-order valence-corrected chi connectivity index (χ2v) is 7.99. The largest absolute Gasteiger partial charge is 0.395 e. The first-order valence-corrected chi connectivity index (χ1v) is 10.8. The van der Waals surface area contributed by atoms with Crippen LogP contribution in [-0.2, 0) is 6.54 Å². The molecule has 148 valence electrons. The van der Waals surface area contributed by atoms with E-state index in [1.165, 1.54) is 22.2 Å². The molecular formula is C21H26N4O2S. The van der Waals surface area contributed by atoms with Crippen LogP contribution in [0, 0.1) is 0 Å². The number of carbonyl (C=O) groups is 1. The number of rotatable bonds is 6. The van der Waals surface area contributed by atoms with Gasteiger partial charge in [-0.3, -0.25) is 9.69 Å². The summed E-state index contributed by atoms with van der Waals surface area (Å²) in [6.45, 7) is 6.90. The quantitative estimate of drug-likeness (QED) is 0.694. The van der Waals surface area contributed by atoms with E-state index in [0.29, 0.717) is 25.3 Å². The van der Waals surface area contributed by atoms with Gasteiger partial charge in [-0.05, 0) is 18.6 Å². The molecular weight excluding hydrogens is 372 g/mol.